The summed E-state index contributed by atoms with van der Waals surface area (Å²) in [6, 6.07) is 0. The SMILES string of the molecule is CC=C/C=C1/SC(=S)N(CCC(=O)OCCCC)C1=O. The average molecular weight is 313 g/mol. The van der Waals surface area contributed by atoms with E-state index in [4.69, 9.17) is 17.0 Å². The molecule has 0 saturated carbocycles. The predicted octanol–water partition coefficient (Wildman–Crippen LogP) is 3.04. The summed E-state index contributed by atoms with van der Waals surface area (Å²) in [5.74, 6) is -0.426. The summed E-state index contributed by atoms with van der Waals surface area (Å²) in [5.41, 5.74) is 0. The Morgan fingerprint density at radius 2 is 2.25 bits per heavy atom. The van der Waals surface area contributed by atoms with Gasteiger partial charge in [0.25, 0.3) is 5.91 Å². The van der Waals surface area contributed by atoms with Crippen LogP contribution in [0.2, 0.25) is 0 Å². The third-order valence-electron chi connectivity index (χ3n) is 2.61. The second-order valence-corrected chi connectivity index (χ2v) is 5.88. The highest BCUT2D eigenvalue weighted by Crippen LogP contribution is 2.30. The molecule has 0 spiro atoms. The number of thioether (sulfide) groups is 1. The molecule has 0 atom stereocenters. The van der Waals surface area contributed by atoms with Crippen LogP contribution < -0.4 is 0 Å². The van der Waals surface area contributed by atoms with Crippen LogP contribution in [0.1, 0.15) is 33.1 Å². The number of allylic oxidation sites excluding steroid dienone is 3. The van der Waals surface area contributed by atoms with Crippen LogP contribution in [-0.4, -0.2) is 34.2 Å². The first-order chi connectivity index (χ1) is 9.60. The van der Waals surface area contributed by atoms with Crippen LogP contribution in [0.25, 0.3) is 0 Å². The lowest BCUT2D eigenvalue weighted by atomic mass is 10.3. The molecule has 0 bridgehead atoms. The van der Waals surface area contributed by atoms with Crippen LogP contribution >= 0.6 is 24.0 Å². The first kappa shape index (κ1) is 16.9. The third-order valence-corrected chi connectivity index (χ3v) is 4.01. The maximum atomic E-state index is 12.1. The fraction of sp³-hybridized carbons (Fsp3) is 0.500. The van der Waals surface area contributed by atoms with Gasteiger partial charge in [-0.2, -0.15) is 0 Å². The number of esters is 1. The lowest BCUT2D eigenvalue weighted by Gasteiger charge is -2.13. The molecule has 20 heavy (non-hydrogen) atoms. The Morgan fingerprint density at radius 1 is 1.50 bits per heavy atom. The van der Waals surface area contributed by atoms with Gasteiger partial charge in [0.05, 0.1) is 17.9 Å². The number of hydrogen-bond acceptors (Lipinski definition) is 5. The maximum absolute atomic E-state index is 12.1. The zero-order chi connectivity index (χ0) is 15.0. The van der Waals surface area contributed by atoms with Gasteiger partial charge in [0.1, 0.15) is 4.32 Å². The minimum atomic E-state index is -0.287. The quantitative estimate of drug-likeness (QED) is 0.313. The van der Waals surface area contributed by atoms with E-state index in [1.54, 1.807) is 12.2 Å². The van der Waals surface area contributed by atoms with Gasteiger partial charge >= 0.3 is 5.97 Å². The Hall–Kier alpha value is -1.14. The second-order valence-electron chi connectivity index (χ2n) is 4.21. The number of hydrogen-bond donors (Lipinski definition) is 0. The highest BCUT2D eigenvalue weighted by Gasteiger charge is 2.31. The lowest BCUT2D eigenvalue weighted by molar-refractivity contribution is -0.144. The molecule has 1 aliphatic rings. The van der Waals surface area contributed by atoms with E-state index in [0.29, 0.717) is 15.8 Å². The zero-order valence-corrected chi connectivity index (χ0v) is 13.4. The molecule has 0 aromatic carbocycles. The third kappa shape index (κ3) is 5.09. The molecular formula is C14H19NO3S2. The van der Waals surface area contributed by atoms with Crippen LogP contribution in [0.15, 0.2) is 23.1 Å². The molecule has 0 unspecified atom stereocenters. The minimum absolute atomic E-state index is 0.139. The van der Waals surface area contributed by atoms with Crippen molar-refractivity contribution in [1.29, 1.82) is 0 Å². The Balaban J connectivity index is 2.46. The summed E-state index contributed by atoms with van der Waals surface area (Å²) in [6.07, 6.45) is 7.39. The second kappa shape index (κ2) is 8.92. The molecule has 1 heterocycles. The molecule has 1 saturated heterocycles. The highest BCUT2D eigenvalue weighted by molar-refractivity contribution is 8.26. The zero-order valence-electron chi connectivity index (χ0n) is 11.8. The van der Waals surface area contributed by atoms with Crippen molar-refractivity contribution in [3.8, 4) is 0 Å². The van der Waals surface area contributed by atoms with E-state index in [9.17, 15) is 9.59 Å². The van der Waals surface area contributed by atoms with Crippen molar-refractivity contribution in [2.75, 3.05) is 13.2 Å². The van der Waals surface area contributed by atoms with Crippen LogP contribution in [-0.2, 0) is 14.3 Å². The Kier molecular flexibility index (Phi) is 7.54. The van der Waals surface area contributed by atoms with Crippen molar-refractivity contribution in [3.05, 3.63) is 23.1 Å². The monoisotopic (exact) mass is 313 g/mol. The lowest BCUT2D eigenvalue weighted by Crippen LogP contribution is -2.30. The molecular weight excluding hydrogens is 294 g/mol. The molecule has 1 amide bonds. The standard InChI is InChI=1S/C14H19NO3S2/c1-3-5-7-11-13(17)15(14(19)20-11)9-8-12(16)18-10-6-4-2/h3,5,7H,4,6,8-10H2,1-2H3/b5-3?,11-7+. The first-order valence-electron chi connectivity index (χ1n) is 6.62. The number of thiocarbonyl (C=S) groups is 1. The van der Waals surface area contributed by atoms with Gasteiger partial charge in [0.2, 0.25) is 0 Å². The molecule has 0 radical (unpaired) electrons. The van der Waals surface area contributed by atoms with E-state index in [2.05, 4.69) is 0 Å². The number of carbonyl (C=O) groups excluding carboxylic acids is 2. The topological polar surface area (TPSA) is 46.6 Å². The van der Waals surface area contributed by atoms with Crippen molar-refractivity contribution >= 4 is 40.2 Å². The summed E-state index contributed by atoms with van der Waals surface area (Å²) in [7, 11) is 0. The Bertz CT molecular complexity index is 444. The fourth-order valence-electron chi connectivity index (χ4n) is 1.50. The molecule has 0 aliphatic carbocycles. The summed E-state index contributed by atoms with van der Waals surface area (Å²) in [5, 5.41) is 0. The van der Waals surface area contributed by atoms with Gasteiger partial charge in [-0.05, 0) is 19.4 Å². The van der Waals surface area contributed by atoms with Gasteiger partial charge < -0.3 is 4.74 Å². The van der Waals surface area contributed by atoms with Gasteiger partial charge in [-0.15, -0.1) is 0 Å². The molecule has 0 aromatic heterocycles. The average Bonchev–Trinajstić information content (AvgIpc) is 2.69. The van der Waals surface area contributed by atoms with E-state index >= 15 is 0 Å². The minimum Gasteiger partial charge on any atom is -0.466 e. The number of carbonyl (C=O) groups is 2. The number of unbranched alkanes of at least 4 members (excludes halogenated alkanes) is 1. The van der Waals surface area contributed by atoms with E-state index in [0.717, 1.165) is 12.8 Å². The van der Waals surface area contributed by atoms with Gasteiger partial charge in [-0.1, -0.05) is 49.5 Å². The molecule has 4 nitrogen and oxygen atoms in total. The van der Waals surface area contributed by atoms with Gasteiger partial charge in [-0.3, -0.25) is 14.5 Å². The van der Waals surface area contributed by atoms with Crippen molar-refractivity contribution in [1.82, 2.24) is 4.90 Å². The molecule has 1 fully saturated rings. The van der Waals surface area contributed by atoms with Crippen LogP contribution in [0.4, 0.5) is 0 Å². The van der Waals surface area contributed by atoms with Gasteiger partial charge in [0, 0.05) is 6.54 Å². The summed E-state index contributed by atoms with van der Waals surface area (Å²) in [6.45, 7) is 4.63. The maximum Gasteiger partial charge on any atom is 0.307 e. The van der Waals surface area contributed by atoms with Crippen LogP contribution in [0, 0.1) is 0 Å². The van der Waals surface area contributed by atoms with Crippen molar-refractivity contribution in [3.63, 3.8) is 0 Å². The summed E-state index contributed by atoms with van der Waals surface area (Å²) < 4.78 is 5.54. The molecule has 0 N–H and O–H groups in total. The number of nitrogens with zero attached hydrogens (tertiary/aromatic N) is 1. The van der Waals surface area contributed by atoms with Gasteiger partial charge in [-0.25, -0.2) is 0 Å². The number of amides is 1. The Labute approximate surface area is 129 Å². The summed E-state index contributed by atoms with van der Waals surface area (Å²) in [4.78, 5) is 25.6. The highest BCUT2D eigenvalue weighted by atomic mass is 32.2. The number of rotatable bonds is 7. The van der Waals surface area contributed by atoms with E-state index < -0.39 is 0 Å². The van der Waals surface area contributed by atoms with Crippen molar-refractivity contribution < 1.29 is 14.3 Å². The van der Waals surface area contributed by atoms with Crippen molar-refractivity contribution in [2.24, 2.45) is 0 Å². The molecule has 6 heteroatoms. The van der Waals surface area contributed by atoms with E-state index in [-0.39, 0.29) is 24.8 Å². The molecule has 0 aromatic rings. The molecule has 110 valence electrons. The number of ether oxygens (including phenoxy) is 1. The Morgan fingerprint density at radius 3 is 2.90 bits per heavy atom. The van der Waals surface area contributed by atoms with Gasteiger partial charge in [0.15, 0.2) is 0 Å². The predicted molar refractivity (Wildman–Crippen MR) is 85.3 cm³/mol. The molecule has 1 rings (SSSR count). The van der Waals surface area contributed by atoms with E-state index in [1.165, 1.54) is 16.7 Å². The normalized spacial score (nSPS) is 17.5. The largest absolute Gasteiger partial charge is 0.466 e. The molecule has 1 aliphatic heterocycles. The van der Waals surface area contributed by atoms with Crippen LogP contribution in [0.3, 0.4) is 0 Å². The fourth-order valence-corrected chi connectivity index (χ4v) is 2.76. The smallest absolute Gasteiger partial charge is 0.307 e. The first-order valence-corrected chi connectivity index (χ1v) is 7.84. The summed E-state index contributed by atoms with van der Waals surface area (Å²) >= 11 is 6.41. The van der Waals surface area contributed by atoms with E-state index in [1.807, 2.05) is 19.9 Å². The van der Waals surface area contributed by atoms with Crippen LogP contribution in [0.5, 0.6) is 0 Å². The van der Waals surface area contributed by atoms with Crippen molar-refractivity contribution in [2.45, 2.75) is 33.1 Å².